The SMILES string of the molecule is Cc1n[nH]c2ccc(-c3nnc(NCC(N)Cc4cccnc4)s3)cc12. The molecule has 4 rings (SSSR count). The summed E-state index contributed by atoms with van der Waals surface area (Å²) in [7, 11) is 0. The van der Waals surface area contributed by atoms with Gasteiger partial charge < -0.3 is 11.1 Å². The summed E-state index contributed by atoms with van der Waals surface area (Å²) in [6, 6.07) is 10.1. The third kappa shape index (κ3) is 3.56. The highest BCUT2D eigenvalue weighted by molar-refractivity contribution is 7.18. The third-order valence-corrected chi connectivity index (χ3v) is 5.09. The van der Waals surface area contributed by atoms with Gasteiger partial charge in [-0.3, -0.25) is 10.1 Å². The second-order valence-corrected chi connectivity index (χ2v) is 7.17. The lowest BCUT2D eigenvalue weighted by molar-refractivity contribution is 0.696. The molecule has 1 aromatic carbocycles. The zero-order valence-corrected chi connectivity index (χ0v) is 15.1. The van der Waals surface area contributed by atoms with E-state index < -0.39 is 0 Å². The maximum atomic E-state index is 6.19. The van der Waals surface area contributed by atoms with Crippen molar-refractivity contribution < 1.29 is 0 Å². The lowest BCUT2D eigenvalue weighted by Crippen LogP contribution is -2.31. The minimum absolute atomic E-state index is 0.0171. The number of hydrogen-bond donors (Lipinski definition) is 3. The maximum Gasteiger partial charge on any atom is 0.206 e. The Kier molecular flexibility index (Phi) is 4.59. The number of pyridine rings is 1. The predicted molar refractivity (Wildman–Crippen MR) is 104 cm³/mol. The lowest BCUT2D eigenvalue weighted by atomic mass is 10.1. The number of nitrogens with two attached hydrogens (primary N) is 1. The molecule has 0 saturated heterocycles. The largest absolute Gasteiger partial charge is 0.359 e. The number of nitrogens with one attached hydrogen (secondary N) is 2. The Labute approximate surface area is 154 Å². The number of anilines is 1. The molecule has 0 aliphatic heterocycles. The van der Waals surface area contributed by atoms with Crippen molar-refractivity contribution in [2.75, 3.05) is 11.9 Å². The average Bonchev–Trinajstić information content (AvgIpc) is 3.28. The number of aryl methyl sites for hydroxylation is 1. The van der Waals surface area contributed by atoms with Crippen LogP contribution in [0.25, 0.3) is 21.5 Å². The van der Waals surface area contributed by atoms with Crippen LogP contribution < -0.4 is 11.1 Å². The molecule has 132 valence electrons. The number of aromatic amines is 1. The molecule has 0 aliphatic rings. The Morgan fingerprint density at radius 2 is 2.19 bits per heavy atom. The van der Waals surface area contributed by atoms with Gasteiger partial charge in [0, 0.05) is 35.9 Å². The van der Waals surface area contributed by atoms with E-state index in [1.807, 2.05) is 37.4 Å². The molecule has 3 aromatic heterocycles. The Balaban J connectivity index is 1.41. The van der Waals surface area contributed by atoms with Gasteiger partial charge in [0.05, 0.1) is 11.2 Å². The molecule has 1 unspecified atom stereocenters. The molecule has 1 atom stereocenters. The Hall–Kier alpha value is -2.84. The van der Waals surface area contributed by atoms with E-state index in [2.05, 4.69) is 36.8 Å². The number of rotatable bonds is 6. The van der Waals surface area contributed by atoms with Crippen LogP contribution in [0.4, 0.5) is 5.13 Å². The van der Waals surface area contributed by atoms with Gasteiger partial charge in [-0.15, -0.1) is 10.2 Å². The summed E-state index contributed by atoms with van der Waals surface area (Å²) >= 11 is 1.52. The van der Waals surface area contributed by atoms with Crippen molar-refractivity contribution in [3.05, 3.63) is 54.0 Å². The molecule has 0 amide bonds. The van der Waals surface area contributed by atoms with Crippen molar-refractivity contribution in [2.45, 2.75) is 19.4 Å². The summed E-state index contributed by atoms with van der Waals surface area (Å²) in [6.45, 7) is 2.61. The van der Waals surface area contributed by atoms with Crippen LogP contribution in [-0.4, -0.2) is 38.0 Å². The van der Waals surface area contributed by atoms with E-state index in [1.54, 1.807) is 6.20 Å². The minimum atomic E-state index is -0.0171. The summed E-state index contributed by atoms with van der Waals surface area (Å²) in [4.78, 5) is 4.11. The van der Waals surface area contributed by atoms with Crippen LogP contribution in [0.5, 0.6) is 0 Å². The molecule has 26 heavy (non-hydrogen) atoms. The number of benzene rings is 1. The van der Waals surface area contributed by atoms with Gasteiger partial charge in [-0.05, 0) is 43.2 Å². The quantitative estimate of drug-likeness (QED) is 0.485. The molecule has 3 heterocycles. The number of fused-ring (bicyclic) bond motifs is 1. The van der Waals surface area contributed by atoms with Crippen molar-refractivity contribution in [3.8, 4) is 10.6 Å². The lowest BCUT2D eigenvalue weighted by Gasteiger charge is -2.11. The molecule has 0 radical (unpaired) electrons. The van der Waals surface area contributed by atoms with Crippen molar-refractivity contribution in [2.24, 2.45) is 5.73 Å². The van der Waals surface area contributed by atoms with Gasteiger partial charge in [0.25, 0.3) is 0 Å². The number of aromatic nitrogens is 5. The first-order chi connectivity index (χ1) is 12.7. The van der Waals surface area contributed by atoms with E-state index in [-0.39, 0.29) is 6.04 Å². The highest BCUT2D eigenvalue weighted by atomic mass is 32.1. The van der Waals surface area contributed by atoms with E-state index in [9.17, 15) is 0 Å². The standard InChI is InChI=1S/C18H19N7S/c1-11-15-8-13(4-5-16(15)23-22-11)17-24-25-18(26-17)21-10-14(19)7-12-3-2-6-20-9-12/h2-6,8-9,14H,7,10,19H2,1H3,(H,21,25)(H,22,23). The molecule has 4 aromatic rings. The van der Waals surface area contributed by atoms with Crippen LogP contribution >= 0.6 is 11.3 Å². The van der Waals surface area contributed by atoms with E-state index in [4.69, 9.17) is 5.73 Å². The molecule has 0 fully saturated rings. The zero-order valence-electron chi connectivity index (χ0n) is 14.3. The van der Waals surface area contributed by atoms with Gasteiger partial charge in [-0.2, -0.15) is 5.10 Å². The number of nitrogens with zero attached hydrogens (tertiary/aromatic N) is 4. The van der Waals surface area contributed by atoms with Crippen molar-refractivity contribution in [3.63, 3.8) is 0 Å². The van der Waals surface area contributed by atoms with E-state index in [0.717, 1.165) is 44.3 Å². The van der Waals surface area contributed by atoms with Gasteiger partial charge in [0.1, 0.15) is 5.01 Å². The topological polar surface area (TPSA) is 105 Å². The Morgan fingerprint density at radius 3 is 3.04 bits per heavy atom. The number of H-pyrrole nitrogens is 1. The van der Waals surface area contributed by atoms with Crippen LogP contribution in [-0.2, 0) is 6.42 Å². The van der Waals surface area contributed by atoms with Crippen LogP contribution in [0.1, 0.15) is 11.3 Å². The zero-order chi connectivity index (χ0) is 17.9. The Morgan fingerprint density at radius 1 is 1.27 bits per heavy atom. The second-order valence-electron chi connectivity index (χ2n) is 6.19. The molecule has 0 bridgehead atoms. The highest BCUT2D eigenvalue weighted by Crippen LogP contribution is 2.29. The van der Waals surface area contributed by atoms with E-state index in [0.29, 0.717) is 6.54 Å². The van der Waals surface area contributed by atoms with Crippen LogP contribution in [0, 0.1) is 6.92 Å². The molecule has 0 saturated carbocycles. The van der Waals surface area contributed by atoms with Crippen molar-refractivity contribution in [1.82, 2.24) is 25.4 Å². The first-order valence-electron chi connectivity index (χ1n) is 8.36. The predicted octanol–water partition coefficient (Wildman–Crippen LogP) is 2.77. The molecular weight excluding hydrogens is 346 g/mol. The van der Waals surface area contributed by atoms with E-state index >= 15 is 0 Å². The van der Waals surface area contributed by atoms with Gasteiger partial charge in [0.15, 0.2) is 0 Å². The minimum Gasteiger partial charge on any atom is -0.359 e. The average molecular weight is 365 g/mol. The van der Waals surface area contributed by atoms with Gasteiger partial charge >= 0.3 is 0 Å². The second kappa shape index (κ2) is 7.19. The van der Waals surface area contributed by atoms with Gasteiger partial charge in [0.2, 0.25) is 5.13 Å². The number of hydrogen-bond acceptors (Lipinski definition) is 7. The summed E-state index contributed by atoms with van der Waals surface area (Å²) < 4.78 is 0. The Bertz CT molecular complexity index is 1010. The maximum absolute atomic E-state index is 6.19. The normalized spacial score (nSPS) is 12.4. The molecule has 0 aliphatic carbocycles. The molecule has 7 nitrogen and oxygen atoms in total. The van der Waals surface area contributed by atoms with Crippen LogP contribution in [0.15, 0.2) is 42.7 Å². The summed E-state index contributed by atoms with van der Waals surface area (Å²) in [6.07, 6.45) is 4.37. The van der Waals surface area contributed by atoms with Gasteiger partial charge in [-0.25, -0.2) is 0 Å². The van der Waals surface area contributed by atoms with Crippen molar-refractivity contribution in [1.29, 1.82) is 0 Å². The van der Waals surface area contributed by atoms with Crippen LogP contribution in [0.2, 0.25) is 0 Å². The summed E-state index contributed by atoms with van der Waals surface area (Å²) in [5.74, 6) is 0. The molecule has 8 heteroatoms. The van der Waals surface area contributed by atoms with Gasteiger partial charge in [-0.1, -0.05) is 17.4 Å². The fraction of sp³-hybridized carbons (Fsp3) is 0.222. The molecule has 4 N–H and O–H groups in total. The molecular formula is C18H19N7S. The first kappa shape index (κ1) is 16.6. The third-order valence-electron chi connectivity index (χ3n) is 4.16. The fourth-order valence-electron chi connectivity index (χ4n) is 2.80. The highest BCUT2D eigenvalue weighted by Gasteiger charge is 2.11. The van der Waals surface area contributed by atoms with E-state index in [1.165, 1.54) is 11.3 Å². The summed E-state index contributed by atoms with van der Waals surface area (Å²) in [5.41, 5.74) is 10.4. The summed E-state index contributed by atoms with van der Waals surface area (Å²) in [5, 5.41) is 21.8. The molecule has 0 spiro atoms. The fourth-order valence-corrected chi connectivity index (χ4v) is 3.55. The first-order valence-corrected chi connectivity index (χ1v) is 9.17. The van der Waals surface area contributed by atoms with Crippen molar-refractivity contribution >= 4 is 27.4 Å². The van der Waals surface area contributed by atoms with Crippen LogP contribution in [0.3, 0.4) is 0 Å². The monoisotopic (exact) mass is 365 g/mol. The smallest absolute Gasteiger partial charge is 0.206 e.